The lowest BCUT2D eigenvalue weighted by atomic mass is 10.0. The van der Waals surface area contributed by atoms with Gasteiger partial charge in [0.05, 0.1) is 10.6 Å². The summed E-state index contributed by atoms with van der Waals surface area (Å²) < 4.78 is 28.2. The van der Waals surface area contributed by atoms with Crippen LogP contribution in [0.3, 0.4) is 0 Å². The van der Waals surface area contributed by atoms with E-state index in [1.54, 1.807) is 43.6 Å². The lowest BCUT2D eigenvalue weighted by molar-refractivity contribution is 0.580. The number of benzene rings is 1. The number of hydrogen-bond donors (Lipinski definition) is 2. The Kier molecular flexibility index (Phi) is 4.97. The zero-order valence-electron chi connectivity index (χ0n) is 14.4. The van der Waals surface area contributed by atoms with Gasteiger partial charge in [-0.3, -0.25) is 9.78 Å². The van der Waals surface area contributed by atoms with Gasteiger partial charge in [-0.1, -0.05) is 6.07 Å². The molecule has 134 valence electrons. The molecule has 0 atom stereocenters. The van der Waals surface area contributed by atoms with Crippen LogP contribution < -0.4 is 10.3 Å². The Hall–Kier alpha value is -2.84. The molecule has 8 heteroatoms. The summed E-state index contributed by atoms with van der Waals surface area (Å²) >= 11 is 0. The Bertz CT molecular complexity index is 1070. The van der Waals surface area contributed by atoms with Crippen molar-refractivity contribution in [1.82, 2.24) is 19.9 Å². The highest BCUT2D eigenvalue weighted by Gasteiger charge is 2.19. The van der Waals surface area contributed by atoms with E-state index in [9.17, 15) is 13.2 Å². The van der Waals surface area contributed by atoms with E-state index in [2.05, 4.69) is 19.9 Å². The molecule has 0 fully saturated rings. The van der Waals surface area contributed by atoms with Crippen LogP contribution in [-0.2, 0) is 16.6 Å². The van der Waals surface area contributed by atoms with Crippen LogP contribution in [0, 0.1) is 13.8 Å². The zero-order valence-corrected chi connectivity index (χ0v) is 15.2. The third-order valence-corrected chi connectivity index (χ3v) is 5.60. The highest BCUT2D eigenvalue weighted by atomic mass is 32.2. The molecule has 0 bridgehead atoms. The van der Waals surface area contributed by atoms with Crippen molar-refractivity contribution < 1.29 is 8.42 Å². The SMILES string of the molecule is Cc1cc(-c2ccc(=O)[nH]n2)cc(S(=O)(=O)NCc2cccnc2)c1C. The number of aryl methyl sites for hydroxylation is 1. The van der Waals surface area contributed by atoms with E-state index in [-0.39, 0.29) is 17.0 Å². The normalized spacial score (nSPS) is 11.5. The fourth-order valence-electron chi connectivity index (χ4n) is 2.52. The Labute approximate surface area is 151 Å². The zero-order chi connectivity index (χ0) is 18.7. The maximum Gasteiger partial charge on any atom is 0.264 e. The lowest BCUT2D eigenvalue weighted by Crippen LogP contribution is -2.24. The summed E-state index contributed by atoms with van der Waals surface area (Å²) in [5.41, 5.74) is 3.05. The number of hydrogen-bond acceptors (Lipinski definition) is 5. The number of aromatic nitrogens is 3. The quantitative estimate of drug-likeness (QED) is 0.714. The van der Waals surface area contributed by atoms with E-state index in [0.29, 0.717) is 16.8 Å². The summed E-state index contributed by atoms with van der Waals surface area (Å²) in [5, 5.41) is 6.33. The van der Waals surface area contributed by atoms with Gasteiger partial charge in [-0.05, 0) is 54.8 Å². The number of nitrogens with one attached hydrogen (secondary N) is 2. The van der Waals surface area contributed by atoms with E-state index in [4.69, 9.17) is 0 Å². The molecule has 26 heavy (non-hydrogen) atoms. The molecular weight excluding hydrogens is 352 g/mol. The summed E-state index contributed by atoms with van der Waals surface area (Å²) in [6, 6.07) is 9.87. The minimum Gasteiger partial charge on any atom is -0.268 e. The van der Waals surface area contributed by atoms with Gasteiger partial charge in [0, 0.05) is 30.6 Å². The summed E-state index contributed by atoms with van der Waals surface area (Å²) in [6.07, 6.45) is 3.24. The van der Waals surface area contributed by atoms with Gasteiger partial charge < -0.3 is 0 Å². The smallest absolute Gasteiger partial charge is 0.264 e. The molecular formula is C18H18N4O3S. The Balaban J connectivity index is 1.97. The topological polar surface area (TPSA) is 105 Å². The predicted octanol–water partition coefficient (Wildman–Crippen LogP) is 1.93. The van der Waals surface area contributed by atoms with Crippen molar-refractivity contribution >= 4 is 10.0 Å². The molecule has 0 aliphatic carbocycles. The second-order valence-electron chi connectivity index (χ2n) is 5.91. The fraction of sp³-hybridized carbons (Fsp3) is 0.167. The third-order valence-electron chi connectivity index (χ3n) is 4.07. The molecule has 0 saturated heterocycles. The van der Waals surface area contributed by atoms with Gasteiger partial charge in [0.25, 0.3) is 5.56 Å². The number of H-pyrrole nitrogens is 1. The first-order chi connectivity index (χ1) is 12.4. The third kappa shape index (κ3) is 3.87. The molecule has 2 heterocycles. The number of aromatic amines is 1. The summed E-state index contributed by atoms with van der Waals surface area (Å²) in [4.78, 5) is 15.4. The lowest BCUT2D eigenvalue weighted by Gasteiger charge is -2.13. The van der Waals surface area contributed by atoms with Gasteiger partial charge >= 0.3 is 0 Å². The fourth-order valence-corrected chi connectivity index (χ4v) is 3.88. The van der Waals surface area contributed by atoms with Gasteiger partial charge in [0.15, 0.2) is 0 Å². The molecule has 0 spiro atoms. The van der Waals surface area contributed by atoms with Gasteiger partial charge in [-0.2, -0.15) is 5.10 Å². The van der Waals surface area contributed by atoms with Crippen LogP contribution in [0.4, 0.5) is 0 Å². The van der Waals surface area contributed by atoms with Crippen LogP contribution in [0.1, 0.15) is 16.7 Å². The van der Waals surface area contributed by atoms with E-state index in [1.807, 2.05) is 13.0 Å². The van der Waals surface area contributed by atoms with Crippen LogP contribution in [0.5, 0.6) is 0 Å². The minimum absolute atomic E-state index is 0.149. The molecule has 1 aromatic carbocycles. The molecule has 0 aliphatic heterocycles. The molecule has 2 N–H and O–H groups in total. The molecule has 3 rings (SSSR count). The van der Waals surface area contributed by atoms with Crippen LogP contribution in [0.15, 0.2) is 58.5 Å². The van der Waals surface area contributed by atoms with Crippen molar-refractivity contribution in [3.8, 4) is 11.3 Å². The largest absolute Gasteiger partial charge is 0.268 e. The van der Waals surface area contributed by atoms with Crippen LogP contribution in [0.2, 0.25) is 0 Å². The van der Waals surface area contributed by atoms with Gasteiger partial charge in [-0.15, -0.1) is 0 Å². The van der Waals surface area contributed by atoms with Crippen LogP contribution in [0.25, 0.3) is 11.3 Å². The van der Waals surface area contributed by atoms with E-state index >= 15 is 0 Å². The monoisotopic (exact) mass is 370 g/mol. The molecule has 7 nitrogen and oxygen atoms in total. The molecule has 0 saturated carbocycles. The van der Waals surface area contributed by atoms with Crippen LogP contribution in [-0.4, -0.2) is 23.6 Å². The Morgan fingerprint density at radius 3 is 2.62 bits per heavy atom. The molecule has 0 radical (unpaired) electrons. The first kappa shape index (κ1) is 18.0. The first-order valence-electron chi connectivity index (χ1n) is 7.93. The van der Waals surface area contributed by atoms with Crippen molar-refractivity contribution in [2.24, 2.45) is 0 Å². The van der Waals surface area contributed by atoms with Crippen molar-refractivity contribution in [3.05, 3.63) is 75.8 Å². The number of rotatable bonds is 5. The maximum absolute atomic E-state index is 12.8. The van der Waals surface area contributed by atoms with Gasteiger partial charge in [0.1, 0.15) is 0 Å². The van der Waals surface area contributed by atoms with Crippen LogP contribution >= 0.6 is 0 Å². The van der Waals surface area contributed by atoms with Crippen molar-refractivity contribution in [3.63, 3.8) is 0 Å². The number of nitrogens with zero attached hydrogens (tertiary/aromatic N) is 2. The summed E-state index contributed by atoms with van der Waals surface area (Å²) in [7, 11) is -3.73. The Morgan fingerprint density at radius 2 is 1.96 bits per heavy atom. The second kappa shape index (κ2) is 7.19. The minimum atomic E-state index is -3.73. The van der Waals surface area contributed by atoms with E-state index in [1.165, 1.54) is 6.07 Å². The second-order valence-corrected chi connectivity index (χ2v) is 7.64. The molecule has 0 unspecified atom stereocenters. The van der Waals surface area contributed by atoms with Gasteiger partial charge in [-0.25, -0.2) is 18.2 Å². The average Bonchev–Trinajstić information content (AvgIpc) is 2.63. The number of sulfonamides is 1. The van der Waals surface area contributed by atoms with Gasteiger partial charge in [0.2, 0.25) is 10.0 Å². The number of pyridine rings is 1. The molecule has 0 amide bonds. The molecule has 3 aromatic rings. The predicted molar refractivity (Wildman–Crippen MR) is 98.0 cm³/mol. The highest BCUT2D eigenvalue weighted by Crippen LogP contribution is 2.26. The first-order valence-corrected chi connectivity index (χ1v) is 9.41. The molecule has 0 aliphatic rings. The average molecular weight is 370 g/mol. The summed E-state index contributed by atoms with van der Waals surface area (Å²) in [5.74, 6) is 0. The highest BCUT2D eigenvalue weighted by molar-refractivity contribution is 7.89. The maximum atomic E-state index is 12.8. The Morgan fingerprint density at radius 1 is 1.15 bits per heavy atom. The van der Waals surface area contributed by atoms with Crippen molar-refractivity contribution in [1.29, 1.82) is 0 Å². The van der Waals surface area contributed by atoms with E-state index < -0.39 is 10.0 Å². The molecule has 2 aromatic heterocycles. The summed E-state index contributed by atoms with van der Waals surface area (Å²) in [6.45, 7) is 3.75. The van der Waals surface area contributed by atoms with Crippen molar-refractivity contribution in [2.45, 2.75) is 25.3 Å². The standard InChI is InChI=1S/C18H18N4O3S/c1-12-8-15(16-5-6-18(23)22-21-16)9-17(13(12)2)26(24,25)20-11-14-4-3-7-19-10-14/h3-10,20H,11H2,1-2H3,(H,22,23). The van der Waals surface area contributed by atoms with E-state index in [0.717, 1.165) is 11.1 Å². The van der Waals surface area contributed by atoms with Crippen molar-refractivity contribution in [2.75, 3.05) is 0 Å².